The van der Waals surface area contributed by atoms with Crippen molar-refractivity contribution in [3.63, 3.8) is 0 Å². The highest BCUT2D eigenvalue weighted by Gasteiger charge is 2.20. The lowest BCUT2D eigenvalue weighted by molar-refractivity contribution is 0.601. The molecule has 0 bridgehead atoms. The van der Waals surface area contributed by atoms with Crippen molar-refractivity contribution in [1.82, 2.24) is 10.2 Å². The third kappa shape index (κ3) is 2.74. The Labute approximate surface area is 119 Å². The van der Waals surface area contributed by atoms with Crippen LogP contribution in [-0.4, -0.2) is 18.6 Å². The molecule has 2 aromatic rings. The van der Waals surface area contributed by atoms with Gasteiger partial charge in [0.05, 0.1) is 5.69 Å². The maximum Gasteiger partial charge on any atom is 0.265 e. The summed E-state index contributed by atoms with van der Waals surface area (Å²) in [7, 11) is -3.76. The maximum atomic E-state index is 12.3. The van der Waals surface area contributed by atoms with Crippen LogP contribution in [0.1, 0.15) is 11.3 Å². The number of hydrogen-bond donors (Lipinski definition) is 3. The second kappa shape index (κ2) is 4.86. The number of anilines is 2. The number of nitrogens with two attached hydrogens (primary N) is 1. The van der Waals surface area contributed by atoms with Crippen molar-refractivity contribution in [2.75, 3.05) is 10.5 Å². The van der Waals surface area contributed by atoms with Gasteiger partial charge in [-0.2, -0.15) is 5.10 Å². The van der Waals surface area contributed by atoms with E-state index in [-0.39, 0.29) is 16.4 Å². The molecule has 0 saturated heterocycles. The quantitative estimate of drug-likeness (QED) is 0.742. The number of rotatable bonds is 3. The van der Waals surface area contributed by atoms with Crippen LogP contribution in [0.4, 0.5) is 11.5 Å². The van der Waals surface area contributed by atoms with Gasteiger partial charge in [0.2, 0.25) is 0 Å². The average molecular weight is 345 g/mol. The smallest absolute Gasteiger partial charge is 0.265 e. The van der Waals surface area contributed by atoms with Crippen LogP contribution < -0.4 is 10.5 Å². The van der Waals surface area contributed by atoms with E-state index in [1.54, 1.807) is 13.0 Å². The topological polar surface area (TPSA) is 101 Å². The molecule has 6 nitrogen and oxygen atoms in total. The van der Waals surface area contributed by atoms with Gasteiger partial charge in [0.1, 0.15) is 4.90 Å². The van der Waals surface area contributed by atoms with Gasteiger partial charge in [-0.15, -0.1) is 0 Å². The van der Waals surface area contributed by atoms with Crippen molar-refractivity contribution < 1.29 is 8.42 Å². The highest BCUT2D eigenvalue weighted by molar-refractivity contribution is 9.10. The molecule has 0 aliphatic rings. The van der Waals surface area contributed by atoms with E-state index < -0.39 is 10.0 Å². The fourth-order valence-corrected chi connectivity index (χ4v) is 3.24. The molecular formula is C11H13BrN4O2S. The van der Waals surface area contributed by atoms with E-state index in [1.165, 1.54) is 12.1 Å². The van der Waals surface area contributed by atoms with Crippen LogP contribution in [0, 0.1) is 13.8 Å². The summed E-state index contributed by atoms with van der Waals surface area (Å²) in [5.41, 5.74) is 7.44. The Morgan fingerprint density at radius 3 is 2.63 bits per heavy atom. The SMILES string of the molecule is Cc1[nH]nc(NS(=O)(=O)c2cc(Br)ccc2N)c1C. The molecule has 0 saturated carbocycles. The van der Waals surface area contributed by atoms with E-state index in [4.69, 9.17) is 5.73 Å². The van der Waals surface area contributed by atoms with E-state index in [1.807, 2.05) is 6.92 Å². The normalized spacial score (nSPS) is 11.5. The molecule has 1 aromatic carbocycles. The first kappa shape index (κ1) is 13.9. The van der Waals surface area contributed by atoms with Gasteiger partial charge in [-0.3, -0.25) is 9.82 Å². The minimum absolute atomic E-state index is 0.0157. The van der Waals surface area contributed by atoms with Crippen molar-refractivity contribution in [3.8, 4) is 0 Å². The summed E-state index contributed by atoms with van der Waals surface area (Å²) < 4.78 is 27.6. The van der Waals surface area contributed by atoms with Gasteiger partial charge in [-0.05, 0) is 32.0 Å². The van der Waals surface area contributed by atoms with Crippen LogP contribution in [0.3, 0.4) is 0 Å². The van der Waals surface area contributed by atoms with Crippen LogP contribution in [0.5, 0.6) is 0 Å². The largest absolute Gasteiger partial charge is 0.398 e. The van der Waals surface area contributed by atoms with E-state index in [9.17, 15) is 8.42 Å². The van der Waals surface area contributed by atoms with E-state index in [2.05, 4.69) is 30.8 Å². The van der Waals surface area contributed by atoms with Gasteiger partial charge in [0, 0.05) is 15.7 Å². The number of sulfonamides is 1. The molecule has 0 radical (unpaired) electrons. The Kier molecular flexibility index (Phi) is 3.55. The van der Waals surface area contributed by atoms with Crippen molar-refractivity contribution >= 4 is 37.5 Å². The number of aromatic amines is 1. The molecule has 8 heteroatoms. The first-order valence-corrected chi connectivity index (χ1v) is 7.68. The van der Waals surface area contributed by atoms with Crippen LogP contribution in [0.15, 0.2) is 27.6 Å². The lowest BCUT2D eigenvalue weighted by Gasteiger charge is -2.09. The molecule has 1 aromatic heterocycles. The van der Waals surface area contributed by atoms with Gasteiger partial charge in [0.15, 0.2) is 5.82 Å². The number of aromatic nitrogens is 2. The number of halogens is 1. The zero-order valence-corrected chi connectivity index (χ0v) is 12.8. The number of nitrogens with one attached hydrogen (secondary N) is 2. The Hall–Kier alpha value is -1.54. The van der Waals surface area contributed by atoms with Crippen molar-refractivity contribution in [2.45, 2.75) is 18.7 Å². The fraction of sp³-hybridized carbons (Fsp3) is 0.182. The zero-order valence-electron chi connectivity index (χ0n) is 10.4. The summed E-state index contributed by atoms with van der Waals surface area (Å²) in [6.45, 7) is 3.59. The molecule has 0 amide bonds. The maximum absolute atomic E-state index is 12.3. The molecule has 0 fully saturated rings. The standard InChI is InChI=1S/C11H13BrN4O2S/c1-6-7(2)14-15-11(6)16-19(17,18)10-5-8(12)3-4-9(10)13/h3-5H,13H2,1-2H3,(H2,14,15,16). The highest BCUT2D eigenvalue weighted by atomic mass is 79.9. The Balaban J connectivity index is 2.43. The number of nitrogens with zero attached hydrogens (tertiary/aromatic N) is 1. The van der Waals surface area contributed by atoms with Gasteiger partial charge in [-0.25, -0.2) is 8.42 Å². The summed E-state index contributed by atoms with van der Waals surface area (Å²) in [5.74, 6) is 0.275. The van der Waals surface area contributed by atoms with Crippen molar-refractivity contribution in [2.24, 2.45) is 0 Å². The highest BCUT2D eigenvalue weighted by Crippen LogP contribution is 2.25. The van der Waals surface area contributed by atoms with Crippen LogP contribution >= 0.6 is 15.9 Å². The number of nitrogen functional groups attached to an aromatic ring is 1. The molecule has 0 aliphatic heterocycles. The summed E-state index contributed by atoms with van der Waals surface area (Å²) in [5, 5.41) is 6.63. The molecular weight excluding hydrogens is 332 g/mol. The lowest BCUT2D eigenvalue weighted by atomic mass is 10.3. The minimum Gasteiger partial charge on any atom is -0.398 e. The monoisotopic (exact) mass is 344 g/mol. The Bertz CT molecular complexity index is 724. The predicted octanol–water partition coefficient (Wildman–Crippen LogP) is 2.17. The van der Waals surface area contributed by atoms with Gasteiger partial charge < -0.3 is 5.73 Å². The molecule has 0 atom stereocenters. The zero-order chi connectivity index (χ0) is 14.2. The second-order valence-electron chi connectivity index (χ2n) is 4.11. The molecule has 19 heavy (non-hydrogen) atoms. The second-order valence-corrected chi connectivity index (χ2v) is 6.68. The number of aryl methyl sites for hydroxylation is 1. The van der Waals surface area contributed by atoms with Gasteiger partial charge in [-0.1, -0.05) is 15.9 Å². The minimum atomic E-state index is -3.76. The average Bonchev–Trinajstić information content (AvgIpc) is 2.63. The molecule has 4 N–H and O–H groups in total. The van der Waals surface area contributed by atoms with Gasteiger partial charge in [0.25, 0.3) is 10.0 Å². The Morgan fingerprint density at radius 1 is 1.37 bits per heavy atom. The number of H-pyrrole nitrogens is 1. The summed E-state index contributed by atoms with van der Waals surface area (Å²) >= 11 is 3.22. The molecule has 102 valence electrons. The van der Waals surface area contributed by atoms with E-state index >= 15 is 0 Å². The third-order valence-electron chi connectivity index (χ3n) is 2.75. The Morgan fingerprint density at radius 2 is 2.05 bits per heavy atom. The van der Waals surface area contributed by atoms with Crippen LogP contribution in [0.2, 0.25) is 0 Å². The van der Waals surface area contributed by atoms with Gasteiger partial charge >= 0.3 is 0 Å². The summed E-state index contributed by atoms with van der Waals surface area (Å²) in [6.07, 6.45) is 0. The van der Waals surface area contributed by atoms with Crippen LogP contribution in [-0.2, 0) is 10.0 Å². The number of benzene rings is 1. The number of hydrogen-bond acceptors (Lipinski definition) is 4. The summed E-state index contributed by atoms with van der Waals surface area (Å²) in [4.78, 5) is 0.0157. The van der Waals surface area contributed by atoms with Crippen LogP contribution in [0.25, 0.3) is 0 Å². The van der Waals surface area contributed by atoms with E-state index in [0.29, 0.717) is 4.47 Å². The summed E-state index contributed by atoms with van der Waals surface area (Å²) in [6, 6.07) is 4.66. The molecule has 2 rings (SSSR count). The lowest BCUT2D eigenvalue weighted by Crippen LogP contribution is -2.15. The predicted molar refractivity (Wildman–Crippen MR) is 77.4 cm³/mol. The first-order chi connectivity index (χ1) is 8.81. The molecule has 1 heterocycles. The first-order valence-electron chi connectivity index (χ1n) is 5.40. The third-order valence-corrected chi connectivity index (χ3v) is 4.64. The van der Waals surface area contributed by atoms with Crippen molar-refractivity contribution in [1.29, 1.82) is 0 Å². The molecule has 0 unspecified atom stereocenters. The van der Waals surface area contributed by atoms with Crippen molar-refractivity contribution in [3.05, 3.63) is 33.9 Å². The van der Waals surface area contributed by atoms with E-state index in [0.717, 1.165) is 11.3 Å². The molecule has 0 spiro atoms. The fourth-order valence-electron chi connectivity index (χ4n) is 1.51. The molecule has 0 aliphatic carbocycles.